The number of hydrogen-bond acceptors (Lipinski definition) is 4. The van der Waals surface area contributed by atoms with Gasteiger partial charge in [0.1, 0.15) is 6.33 Å². The lowest BCUT2D eigenvalue weighted by atomic mass is 9.95. The van der Waals surface area contributed by atoms with E-state index in [0.29, 0.717) is 12.4 Å². The van der Waals surface area contributed by atoms with Gasteiger partial charge in [0.05, 0.1) is 17.5 Å². The number of carbonyl (C=O) groups excluding carboxylic acids is 1. The minimum absolute atomic E-state index is 0.0759. The summed E-state index contributed by atoms with van der Waals surface area (Å²) in [5.74, 6) is 0.143. The highest BCUT2D eigenvalue weighted by atomic mass is 32.1. The molecular formula is C10H17N5OS. The van der Waals surface area contributed by atoms with E-state index in [1.165, 1.54) is 0 Å². The molecule has 3 N–H and O–H groups in total. The molecule has 94 valence electrons. The Labute approximate surface area is 106 Å². The predicted octanol–water partition coefficient (Wildman–Crippen LogP) is -0.0104. The first-order valence-corrected chi connectivity index (χ1v) is 5.74. The Balaban J connectivity index is 2.60. The molecule has 0 spiro atoms. The molecule has 1 atom stereocenters. The smallest absolute Gasteiger partial charge is 0.230 e. The number of aromatic nitrogens is 3. The van der Waals surface area contributed by atoms with Crippen LogP contribution in [0.15, 0.2) is 6.33 Å². The van der Waals surface area contributed by atoms with Gasteiger partial charge in [0.2, 0.25) is 5.91 Å². The molecular weight excluding hydrogens is 238 g/mol. The molecule has 1 aromatic rings. The third-order valence-electron chi connectivity index (χ3n) is 2.48. The Bertz CT molecular complexity index is 415. The van der Waals surface area contributed by atoms with Gasteiger partial charge in [-0.05, 0) is 5.92 Å². The molecule has 1 heterocycles. The summed E-state index contributed by atoms with van der Waals surface area (Å²) in [7, 11) is 1.81. The number of aryl methyl sites for hydroxylation is 1. The molecule has 1 amide bonds. The first kappa shape index (κ1) is 13.6. The summed E-state index contributed by atoms with van der Waals surface area (Å²) < 4.78 is 1.74. The summed E-state index contributed by atoms with van der Waals surface area (Å²) in [6, 6.07) is 0. The molecule has 1 aromatic heterocycles. The van der Waals surface area contributed by atoms with Crippen LogP contribution in [0.1, 0.15) is 19.7 Å². The molecule has 7 heteroatoms. The number of hydrogen-bond donors (Lipinski definition) is 2. The van der Waals surface area contributed by atoms with Gasteiger partial charge in [-0.1, -0.05) is 26.1 Å². The fraction of sp³-hybridized carbons (Fsp3) is 0.600. The lowest BCUT2D eigenvalue weighted by Crippen LogP contribution is -2.40. The van der Waals surface area contributed by atoms with E-state index in [1.54, 1.807) is 10.9 Å². The molecule has 17 heavy (non-hydrogen) atoms. The summed E-state index contributed by atoms with van der Waals surface area (Å²) in [6.45, 7) is 4.14. The van der Waals surface area contributed by atoms with Crippen LogP contribution >= 0.6 is 12.2 Å². The molecule has 6 nitrogen and oxygen atoms in total. The molecule has 0 saturated heterocycles. The van der Waals surface area contributed by atoms with E-state index in [2.05, 4.69) is 15.5 Å². The summed E-state index contributed by atoms with van der Waals surface area (Å²) >= 11 is 4.89. The number of amides is 1. The Kier molecular flexibility index (Phi) is 4.56. The quantitative estimate of drug-likeness (QED) is 0.723. The first-order chi connectivity index (χ1) is 7.93. The van der Waals surface area contributed by atoms with Gasteiger partial charge in [-0.25, -0.2) is 0 Å². The summed E-state index contributed by atoms with van der Waals surface area (Å²) in [6.07, 6.45) is 1.58. The monoisotopic (exact) mass is 255 g/mol. The maximum absolute atomic E-state index is 11.9. The summed E-state index contributed by atoms with van der Waals surface area (Å²) in [4.78, 5) is 12.1. The second-order valence-corrected chi connectivity index (χ2v) is 4.67. The fourth-order valence-electron chi connectivity index (χ4n) is 1.50. The normalized spacial score (nSPS) is 12.5. The van der Waals surface area contributed by atoms with Crippen LogP contribution in [0.2, 0.25) is 0 Å². The van der Waals surface area contributed by atoms with Crippen molar-refractivity contribution < 1.29 is 4.79 Å². The third kappa shape index (κ3) is 3.48. The molecule has 0 radical (unpaired) electrons. The minimum Gasteiger partial charge on any atom is -0.393 e. The zero-order valence-corrected chi connectivity index (χ0v) is 11.0. The van der Waals surface area contributed by atoms with Crippen LogP contribution in [0, 0.1) is 11.8 Å². The van der Waals surface area contributed by atoms with Gasteiger partial charge >= 0.3 is 0 Å². The van der Waals surface area contributed by atoms with Crippen molar-refractivity contribution in [2.75, 3.05) is 0 Å². The lowest BCUT2D eigenvalue weighted by molar-refractivity contribution is -0.124. The van der Waals surface area contributed by atoms with Crippen LogP contribution in [0.4, 0.5) is 0 Å². The van der Waals surface area contributed by atoms with Crippen LogP contribution < -0.4 is 11.1 Å². The SMILES string of the molecule is CC(C)C(C(=O)NCc1nncn1C)C(N)=S. The predicted molar refractivity (Wildman–Crippen MR) is 68.0 cm³/mol. The van der Waals surface area contributed by atoms with Crippen LogP contribution in [0.3, 0.4) is 0 Å². The van der Waals surface area contributed by atoms with Crippen LogP contribution in [0.25, 0.3) is 0 Å². The molecule has 0 aromatic carbocycles. The summed E-state index contributed by atoms with van der Waals surface area (Å²) in [5, 5.41) is 10.4. The maximum Gasteiger partial charge on any atom is 0.230 e. The molecule has 0 aliphatic heterocycles. The molecule has 0 fully saturated rings. The van der Waals surface area contributed by atoms with Gasteiger partial charge in [-0.2, -0.15) is 0 Å². The van der Waals surface area contributed by atoms with Gasteiger partial charge in [0, 0.05) is 7.05 Å². The maximum atomic E-state index is 11.9. The fourth-order valence-corrected chi connectivity index (χ4v) is 1.88. The van der Waals surface area contributed by atoms with Crippen molar-refractivity contribution in [3.8, 4) is 0 Å². The van der Waals surface area contributed by atoms with E-state index >= 15 is 0 Å². The molecule has 0 saturated carbocycles. The van der Waals surface area contributed by atoms with E-state index in [9.17, 15) is 4.79 Å². The highest BCUT2D eigenvalue weighted by molar-refractivity contribution is 7.80. The van der Waals surface area contributed by atoms with Gasteiger partial charge in [0.15, 0.2) is 5.82 Å². The Morgan fingerprint density at radius 3 is 2.71 bits per heavy atom. The third-order valence-corrected chi connectivity index (χ3v) is 2.74. The number of nitrogens with two attached hydrogens (primary N) is 1. The van der Waals surface area contributed by atoms with Crippen molar-refractivity contribution in [1.82, 2.24) is 20.1 Å². The zero-order valence-electron chi connectivity index (χ0n) is 10.2. The molecule has 0 aliphatic rings. The number of thiocarbonyl (C=S) groups is 1. The number of nitrogens with one attached hydrogen (secondary N) is 1. The minimum atomic E-state index is -0.446. The average Bonchev–Trinajstić information content (AvgIpc) is 2.59. The number of carbonyl (C=O) groups is 1. The number of nitrogens with zero attached hydrogens (tertiary/aromatic N) is 3. The summed E-state index contributed by atoms with van der Waals surface area (Å²) in [5.41, 5.74) is 5.55. The zero-order chi connectivity index (χ0) is 13.0. The van der Waals surface area contributed by atoms with Crippen molar-refractivity contribution in [2.45, 2.75) is 20.4 Å². The molecule has 1 rings (SSSR count). The standard InChI is InChI=1S/C10H17N5OS/c1-6(2)8(9(11)17)10(16)12-4-7-14-13-5-15(7)3/h5-6,8H,4H2,1-3H3,(H2,11,17)(H,12,16). The second kappa shape index (κ2) is 5.72. The largest absolute Gasteiger partial charge is 0.393 e. The van der Waals surface area contributed by atoms with E-state index < -0.39 is 5.92 Å². The van der Waals surface area contributed by atoms with Crippen LogP contribution in [0.5, 0.6) is 0 Å². The van der Waals surface area contributed by atoms with Crippen molar-refractivity contribution in [3.05, 3.63) is 12.2 Å². The van der Waals surface area contributed by atoms with Crippen LogP contribution in [-0.4, -0.2) is 25.7 Å². The van der Waals surface area contributed by atoms with Gasteiger partial charge in [0.25, 0.3) is 0 Å². The van der Waals surface area contributed by atoms with E-state index in [4.69, 9.17) is 18.0 Å². The van der Waals surface area contributed by atoms with Crippen molar-refractivity contribution >= 4 is 23.1 Å². The van der Waals surface area contributed by atoms with Gasteiger partial charge in [-0.15, -0.1) is 10.2 Å². The van der Waals surface area contributed by atoms with Crippen LogP contribution in [-0.2, 0) is 18.4 Å². The molecule has 0 bridgehead atoms. The highest BCUT2D eigenvalue weighted by Gasteiger charge is 2.24. The lowest BCUT2D eigenvalue weighted by Gasteiger charge is -2.18. The van der Waals surface area contributed by atoms with Crippen molar-refractivity contribution in [3.63, 3.8) is 0 Å². The first-order valence-electron chi connectivity index (χ1n) is 5.33. The van der Waals surface area contributed by atoms with Gasteiger partial charge in [-0.3, -0.25) is 4.79 Å². The van der Waals surface area contributed by atoms with Gasteiger partial charge < -0.3 is 15.6 Å². The van der Waals surface area contributed by atoms with Crippen molar-refractivity contribution in [1.29, 1.82) is 0 Å². The molecule has 0 aliphatic carbocycles. The number of rotatable bonds is 5. The highest BCUT2D eigenvalue weighted by Crippen LogP contribution is 2.11. The second-order valence-electron chi connectivity index (χ2n) is 4.20. The Hall–Kier alpha value is -1.50. The average molecular weight is 255 g/mol. The Morgan fingerprint density at radius 1 is 1.65 bits per heavy atom. The van der Waals surface area contributed by atoms with E-state index in [0.717, 1.165) is 0 Å². The van der Waals surface area contributed by atoms with E-state index in [-0.39, 0.29) is 16.8 Å². The molecule has 1 unspecified atom stereocenters. The topological polar surface area (TPSA) is 85.8 Å². The van der Waals surface area contributed by atoms with E-state index in [1.807, 2.05) is 20.9 Å². The van der Waals surface area contributed by atoms with Crippen molar-refractivity contribution in [2.24, 2.45) is 24.6 Å². The Morgan fingerprint density at radius 2 is 2.29 bits per heavy atom.